The molecule has 0 bridgehead atoms. The van der Waals surface area contributed by atoms with Crippen LogP contribution in [0.1, 0.15) is 5.56 Å². The summed E-state index contributed by atoms with van der Waals surface area (Å²) < 4.78 is 0. The molecule has 3 aromatic carbocycles. The second-order valence-electron chi connectivity index (χ2n) is 6.28. The minimum atomic E-state index is 0.752. The third kappa shape index (κ3) is 2.41. The normalized spacial score (nSPS) is 11.4. The summed E-state index contributed by atoms with van der Waals surface area (Å²) >= 11 is 0. The molecule has 0 aliphatic carbocycles. The molecule has 0 aliphatic heterocycles. The maximum Gasteiger partial charge on any atom is 0.126 e. The predicted octanol–water partition coefficient (Wildman–Crippen LogP) is 5.48. The zero-order valence-electron chi connectivity index (χ0n) is 13.7. The van der Waals surface area contributed by atoms with Crippen molar-refractivity contribution in [2.75, 3.05) is 5.32 Å². The van der Waals surface area contributed by atoms with E-state index in [1.54, 1.807) is 0 Å². The third-order valence-corrected chi connectivity index (χ3v) is 4.73. The second kappa shape index (κ2) is 5.64. The SMILES string of the molecule is c1ccc2c(CNc3cc4c(cn3)[nH]c3ccccc34)cccc2c1. The third-order valence-electron chi connectivity index (χ3n) is 4.73. The van der Waals surface area contributed by atoms with Crippen LogP contribution in [-0.2, 0) is 6.54 Å². The standard InChI is InChI=1S/C22H17N3/c1-2-9-17-15(6-1)7-5-8-16(17)13-23-22-12-19-18-10-3-4-11-20(18)25-21(19)14-24-22/h1-12,14,25H,13H2,(H,23,24). The first-order valence-corrected chi connectivity index (χ1v) is 8.45. The molecule has 5 aromatic rings. The fourth-order valence-corrected chi connectivity index (χ4v) is 3.48. The molecule has 3 nitrogen and oxygen atoms in total. The summed E-state index contributed by atoms with van der Waals surface area (Å²) in [5, 5.41) is 8.45. The van der Waals surface area contributed by atoms with Crippen molar-refractivity contribution < 1.29 is 0 Å². The molecule has 120 valence electrons. The fraction of sp³-hybridized carbons (Fsp3) is 0.0455. The maximum absolute atomic E-state index is 4.55. The maximum atomic E-state index is 4.55. The van der Waals surface area contributed by atoms with Crippen molar-refractivity contribution in [2.45, 2.75) is 6.54 Å². The van der Waals surface area contributed by atoms with Gasteiger partial charge in [0.25, 0.3) is 0 Å². The van der Waals surface area contributed by atoms with Gasteiger partial charge >= 0.3 is 0 Å². The second-order valence-corrected chi connectivity index (χ2v) is 6.28. The van der Waals surface area contributed by atoms with E-state index in [0.717, 1.165) is 23.4 Å². The molecule has 0 unspecified atom stereocenters. The largest absolute Gasteiger partial charge is 0.366 e. The van der Waals surface area contributed by atoms with E-state index in [9.17, 15) is 0 Å². The number of nitrogens with one attached hydrogen (secondary N) is 2. The number of hydrogen-bond acceptors (Lipinski definition) is 2. The van der Waals surface area contributed by atoms with Gasteiger partial charge in [0.15, 0.2) is 0 Å². The number of anilines is 1. The molecule has 2 N–H and O–H groups in total. The molecule has 5 rings (SSSR count). The molecule has 3 heteroatoms. The monoisotopic (exact) mass is 323 g/mol. The number of pyridine rings is 1. The zero-order chi connectivity index (χ0) is 16.6. The first kappa shape index (κ1) is 14.1. The first-order valence-electron chi connectivity index (χ1n) is 8.45. The van der Waals surface area contributed by atoms with Crippen LogP contribution >= 0.6 is 0 Å². The Kier molecular flexibility index (Phi) is 3.17. The lowest BCUT2D eigenvalue weighted by Crippen LogP contribution is -2.01. The molecule has 2 heterocycles. The van der Waals surface area contributed by atoms with Gasteiger partial charge in [0, 0.05) is 22.8 Å². The quantitative estimate of drug-likeness (QED) is 0.461. The molecule has 0 atom stereocenters. The van der Waals surface area contributed by atoms with Crippen LogP contribution < -0.4 is 5.32 Å². The highest BCUT2D eigenvalue weighted by atomic mass is 15.0. The molecular formula is C22H17N3. The number of nitrogens with zero attached hydrogens (tertiary/aromatic N) is 1. The van der Waals surface area contributed by atoms with Crippen molar-refractivity contribution in [3.05, 3.63) is 84.6 Å². The van der Waals surface area contributed by atoms with Crippen LogP contribution in [-0.4, -0.2) is 9.97 Å². The predicted molar refractivity (Wildman–Crippen MR) is 105 cm³/mol. The Morgan fingerprint density at radius 1 is 0.760 bits per heavy atom. The first-order chi connectivity index (χ1) is 12.4. The Labute approximate surface area is 145 Å². The van der Waals surface area contributed by atoms with Crippen molar-refractivity contribution in [3.8, 4) is 0 Å². The number of aromatic nitrogens is 2. The summed E-state index contributed by atoms with van der Waals surface area (Å²) in [6.45, 7) is 0.752. The van der Waals surface area contributed by atoms with Crippen LogP contribution in [0.25, 0.3) is 32.6 Å². The molecule has 0 aliphatic rings. The van der Waals surface area contributed by atoms with E-state index in [1.165, 1.54) is 27.1 Å². The minimum Gasteiger partial charge on any atom is -0.366 e. The van der Waals surface area contributed by atoms with Crippen LogP contribution in [0.5, 0.6) is 0 Å². The van der Waals surface area contributed by atoms with E-state index >= 15 is 0 Å². The van der Waals surface area contributed by atoms with Crippen LogP contribution in [0.15, 0.2) is 79.0 Å². The molecule has 0 fully saturated rings. The highest BCUT2D eigenvalue weighted by molar-refractivity contribution is 6.07. The van der Waals surface area contributed by atoms with Gasteiger partial charge in [0.2, 0.25) is 0 Å². The lowest BCUT2D eigenvalue weighted by molar-refractivity contribution is 1.13. The molecule has 25 heavy (non-hydrogen) atoms. The summed E-state index contributed by atoms with van der Waals surface area (Å²) in [6, 6.07) is 25.4. The minimum absolute atomic E-state index is 0.752. The van der Waals surface area contributed by atoms with Gasteiger partial charge in [-0.3, -0.25) is 0 Å². The van der Waals surface area contributed by atoms with E-state index in [0.29, 0.717) is 0 Å². The van der Waals surface area contributed by atoms with Gasteiger partial charge in [0.05, 0.1) is 11.7 Å². The Bertz CT molecular complexity index is 1200. The Morgan fingerprint density at radius 2 is 1.56 bits per heavy atom. The van der Waals surface area contributed by atoms with Crippen molar-refractivity contribution in [3.63, 3.8) is 0 Å². The number of aromatic amines is 1. The number of H-pyrrole nitrogens is 1. The average Bonchev–Trinajstić information content (AvgIpc) is 3.04. The Balaban J connectivity index is 1.50. The number of hydrogen-bond donors (Lipinski definition) is 2. The molecule has 2 aromatic heterocycles. The van der Waals surface area contributed by atoms with E-state index in [-0.39, 0.29) is 0 Å². The van der Waals surface area contributed by atoms with Gasteiger partial charge in [-0.15, -0.1) is 0 Å². The van der Waals surface area contributed by atoms with Crippen molar-refractivity contribution in [2.24, 2.45) is 0 Å². The number of para-hydroxylation sites is 1. The average molecular weight is 323 g/mol. The van der Waals surface area contributed by atoms with Crippen LogP contribution in [0.3, 0.4) is 0 Å². The van der Waals surface area contributed by atoms with Crippen LogP contribution in [0.4, 0.5) is 5.82 Å². The van der Waals surface area contributed by atoms with Gasteiger partial charge in [0.1, 0.15) is 5.82 Å². The lowest BCUT2D eigenvalue weighted by atomic mass is 10.0. The van der Waals surface area contributed by atoms with Gasteiger partial charge in [-0.25, -0.2) is 4.98 Å². The smallest absolute Gasteiger partial charge is 0.126 e. The number of benzene rings is 3. The molecule has 0 amide bonds. The van der Waals surface area contributed by atoms with E-state index in [2.05, 4.69) is 82.0 Å². The fourth-order valence-electron chi connectivity index (χ4n) is 3.48. The summed E-state index contributed by atoms with van der Waals surface area (Å²) in [5.41, 5.74) is 3.49. The van der Waals surface area contributed by atoms with Crippen LogP contribution in [0.2, 0.25) is 0 Å². The Morgan fingerprint density at radius 3 is 2.52 bits per heavy atom. The van der Waals surface area contributed by atoms with Crippen molar-refractivity contribution in [1.82, 2.24) is 9.97 Å². The molecule has 0 saturated heterocycles. The summed E-state index contributed by atoms with van der Waals surface area (Å²) in [5.74, 6) is 0.894. The summed E-state index contributed by atoms with van der Waals surface area (Å²) in [6.07, 6.45) is 1.90. The Hall–Kier alpha value is -3.33. The number of rotatable bonds is 3. The van der Waals surface area contributed by atoms with Crippen molar-refractivity contribution in [1.29, 1.82) is 0 Å². The topological polar surface area (TPSA) is 40.7 Å². The van der Waals surface area contributed by atoms with Crippen LogP contribution in [0, 0.1) is 0 Å². The number of fused-ring (bicyclic) bond motifs is 4. The van der Waals surface area contributed by atoms with Crippen molar-refractivity contribution >= 4 is 38.4 Å². The summed E-state index contributed by atoms with van der Waals surface area (Å²) in [4.78, 5) is 7.97. The van der Waals surface area contributed by atoms with E-state index < -0.39 is 0 Å². The van der Waals surface area contributed by atoms with E-state index in [1.807, 2.05) is 12.3 Å². The van der Waals surface area contributed by atoms with Gasteiger partial charge in [-0.1, -0.05) is 60.7 Å². The molecule has 0 radical (unpaired) electrons. The van der Waals surface area contributed by atoms with Gasteiger partial charge in [-0.05, 0) is 28.5 Å². The molecule has 0 saturated carbocycles. The summed E-state index contributed by atoms with van der Waals surface area (Å²) in [7, 11) is 0. The van der Waals surface area contributed by atoms with E-state index in [4.69, 9.17) is 0 Å². The van der Waals surface area contributed by atoms with Gasteiger partial charge < -0.3 is 10.3 Å². The zero-order valence-corrected chi connectivity index (χ0v) is 13.7. The molecule has 0 spiro atoms. The highest BCUT2D eigenvalue weighted by Crippen LogP contribution is 2.26. The molecular weight excluding hydrogens is 306 g/mol. The van der Waals surface area contributed by atoms with Gasteiger partial charge in [-0.2, -0.15) is 0 Å². The lowest BCUT2D eigenvalue weighted by Gasteiger charge is -2.09. The highest BCUT2D eigenvalue weighted by Gasteiger charge is 2.06.